The Hall–Kier alpha value is -2.03. The smallest absolute Gasteiger partial charge is 0.130 e. The molecule has 2 aromatic rings. The highest BCUT2D eigenvalue weighted by Gasteiger charge is 2.14. The highest BCUT2D eigenvalue weighted by atomic mass is 16.5. The predicted octanol–water partition coefficient (Wildman–Crippen LogP) is 4.31. The second-order valence-corrected chi connectivity index (χ2v) is 6.30. The van der Waals surface area contributed by atoms with Crippen molar-refractivity contribution in [2.75, 3.05) is 12.4 Å². The van der Waals surface area contributed by atoms with Crippen LogP contribution in [0.5, 0.6) is 5.75 Å². The zero-order valence-electron chi connectivity index (χ0n) is 13.5. The van der Waals surface area contributed by atoms with E-state index in [1.807, 2.05) is 19.2 Å². The van der Waals surface area contributed by atoms with Gasteiger partial charge in [0, 0.05) is 18.9 Å². The first-order valence-corrected chi connectivity index (χ1v) is 7.27. The zero-order valence-corrected chi connectivity index (χ0v) is 13.5. The van der Waals surface area contributed by atoms with Crippen molar-refractivity contribution in [3.63, 3.8) is 0 Å². The molecule has 1 heterocycles. The SMILES string of the molecule is CNc1ccnc(COc2ccc(C(C)(C)C)cc2C)c1. The van der Waals surface area contributed by atoms with Crippen molar-refractivity contribution >= 4 is 5.69 Å². The molecule has 0 radical (unpaired) electrons. The third-order valence-electron chi connectivity index (χ3n) is 3.52. The van der Waals surface area contributed by atoms with Crippen LogP contribution in [0.3, 0.4) is 0 Å². The average molecular weight is 284 g/mol. The van der Waals surface area contributed by atoms with E-state index >= 15 is 0 Å². The molecule has 0 amide bonds. The summed E-state index contributed by atoms with van der Waals surface area (Å²) < 4.78 is 5.90. The summed E-state index contributed by atoms with van der Waals surface area (Å²) in [5.41, 5.74) is 4.60. The van der Waals surface area contributed by atoms with Gasteiger partial charge in [-0.3, -0.25) is 4.98 Å². The van der Waals surface area contributed by atoms with Crippen LogP contribution in [0.2, 0.25) is 0 Å². The van der Waals surface area contributed by atoms with Crippen molar-refractivity contribution < 1.29 is 4.74 Å². The van der Waals surface area contributed by atoms with Gasteiger partial charge in [-0.2, -0.15) is 0 Å². The summed E-state index contributed by atoms with van der Waals surface area (Å²) >= 11 is 0. The highest BCUT2D eigenvalue weighted by Crippen LogP contribution is 2.27. The highest BCUT2D eigenvalue weighted by molar-refractivity contribution is 5.42. The summed E-state index contributed by atoms with van der Waals surface area (Å²) in [5, 5.41) is 3.11. The van der Waals surface area contributed by atoms with Gasteiger partial charge >= 0.3 is 0 Å². The lowest BCUT2D eigenvalue weighted by molar-refractivity contribution is 0.299. The van der Waals surface area contributed by atoms with Gasteiger partial charge in [-0.25, -0.2) is 0 Å². The van der Waals surface area contributed by atoms with E-state index in [9.17, 15) is 0 Å². The standard InChI is InChI=1S/C18H24N2O/c1-13-10-14(18(2,3)4)6-7-17(13)21-12-16-11-15(19-5)8-9-20-16/h6-11H,12H2,1-5H3,(H,19,20). The molecule has 2 rings (SSSR count). The number of anilines is 1. The Kier molecular flexibility index (Phi) is 4.51. The van der Waals surface area contributed by atoms with Gasteiger partial charge in [-0.15, -0.1) is 0 Å². The minimum absolute atomic E-state index is 0.159. The molecule has 0 unspecified atom stereocenters. The zero-order chi connectivity index (χ0) is 15.5. The van der Waals surface area contributed by atoms with Gasteiger partial charge in [0.05, 0.1) is 5.69 Å². The molecule has 0 aliphatic heterocycles. The molecule has 0 saturated heterocycles. The van der Waals surface area contributed by atoms with E-state index in [4.69, 9.17) is 4.74 Å². The fraction of sp³-hybridized carbons (Fsp3) is 0.389. The van der Waals surface area contributed by atoms with Crippen LogP contribution >= 0.6 is 0 Å². The lowest BCUT2D eigenvalue weighted by Crippen LogP contribution is -2.11. The fourth-order valence-electron chi connectivity index (χ4n) is 2.14. The number of aryl methyl sites for hydroxylation is 1. The number of benzene rings is 1. The minimum atomic E-state index is 0.159. The third kappa shape index (κ3) is 3.97. The quantitative estimate of drug-likeness (QED) is 0.908. The molecule has 0 spiro atoms. The van der Waals surface area contributed by atoms with Crippen molar-refractivity contribution in [2.24, 2.45) is 0 Å². The molecule has 1 aromatic heterocycles. The second-order valence-electron chi connectivity index (χ2n) is 6.30. The molecule has 3 nitrogen and oxygen atoms in total. The summed E-state index contributed by atoms with van der Waals surface area (Å²) in [6.45, 7) is 9.22. The largest absolute Gasteiger partial charge is 0.487 e. The monoisotopic (exact) mass is 284 g/mol. The van der Waals surface area contributed by atoms with E-state index in [0.29, 0.717) is 6.61 Å². The fourth-order valence-corrected chi connectivity index (χ4v) is 2.14. The predicted molar refractivity (Wildman–Crippen MR) is 88.0 cm³/mol. The molecular weight excluding hydrogens is 260 g/mol. The van der Waals surface area contributed by atoms with E-state index in [1.54, 1.807) is 6.20 Å². The number of ether oxygens (including phenoxy) is 1. The molecule has 0 bridgehead atoms. The van der Waals surface area contributed by atoms with Crippen molar-refractivity contribution in [1.29, 1.82) is 0 Å². The molecule has 21 heavy (non-hydrogen) atoms. The van der Waals surface area contributed by atoms with Gasteiger partial charge in [-0.1, -0.05) is 32.9 Å². The van der Waals surface area contributed by atoms with Crippen LogP contribution in [0.1, 0.15) is 37.6 Å². The first-order valence-electron chi connectivity index (χ1n) is 7.27. The molecule has 1 N–H and O–H groups in total. The first-order chi connectivity index (χ1) is 9.90. The van der Waals surface area contributed by atoms with Crippen LogP contribution in [-0.4, -0.2) is 12.0 Å². The lowest BCUT2D eigenvalue weighted by Gasteiger charge is -2.20. The number of nitrogens with one attached hydrogen (secondary N) is 1. The molecule has 0 saturated carbocycles. The maximum Gasteiger partial charge on any atom is 0.130 e. The van der Waals surface area contributed by atoms with Crippen LogP contribution < -0.4 is 10.1 Å². The summed E-state index contributed by atoms with van der Waals surface area (Å²) in [4.78, 5) is 4.32. The van der Waals surface area contributed by atoms with Crippen molar-refractivity contribution in [2.45, 2.75) is 39.7 Å². The van der Waals surface area contributed by atoms with Gasteiger partial charge in [0.1, 0.15) is 12.4 Å². The Balaban J connectivity index is 2.10. The molecule has 0 aliphatic rings. The van der Waals surface area contributed by atoms with Crippen LogP contribution in [0.4, 0.5) is 5.69 Å². The normalized spacial score (nSPS) is 11.3. The van der Waals surface area contributed by atoms with E-state index in [-0.39, 0.29) is 5.41 Å². The maximum absolute atomic E-state index is 5.90. The minimum Gasteiger partial charge on any atom is -0.487 e. The third-order valence-corrected chi connectivity index (χ3v) is 3.52. The Morgan fingerprint density at radius 3 is 2.52 bits per heavy atom. The molecule has 0 aliphatic carbocycles. The molecule has 112 valence electrons. The molecule has 0 atom stereocenters. The number of aromatic nitrogens is 1. The Morgan fingerprint density at radius 1 is 1.14 bits per heavy atom. The first kappa shape index (κ1) is 15.4. The van der Waals surface area contributed by atoms with E-state index < -0.39 is 0 Å². The van der Waals surface area contributed by atoms with Crippen molar-refractivity contribution in [3.8, 4) is 5.75 Å². The van der Waals surface area contributed by atoms with Crippen LogP contribution in [0, 0.1) is 6.92 Å². The Bertz CT molecular complexity index is 615. The summed E-state index contributed by atoms with van der Waals surface area (Å²) in [7, 11) is 1.90. The summed E-state index contributed by atoms with van der Waals surface area (Å²) in [6.07, 6.45) is 1.79. The van der Waals surface area contributed by atoms with Gasteiger partial charge in [0.15, 0.2) is 0 Å². The van der Waals surface area contributed by atoms with Crippen LogP contribution in [-0.2, 0) is 12.0 Å². The molecule has 3 heteroatoms. The van der Waals surface area contributed by atoms with Gasteiger partial charge in [0.25, 0.3) is 0 Å². The lowest BCUT2D eigenvalue weighted by atomic mass is 9.86. The molecule has 1 aromatic carbocycles. The molecular formula is C18H24N2O. The number of nitrogens with zero attached hydrogens (tertiary/aromatic N) is 1. The van der Waals surface area contributed by atoms with Crippen molar-refractivity contribution in [3.05, 3.63) is 53.3 Å². The van der Waals surface area contributed by atoms with Gasteiger partial charge in [-0.05, 0) is 41.7 Å². The van der Waals surface area contributed by atoms with Crippen LogP contribution in [0.15, 0.2) is 36.5 Å². The maximum atomic E-state index is 5.90. The summed E-state index contributed by atoms with van der Waals surface area (Å²) in [6, 6.07) is 10.3. The van der Waals surface area contributed by atoms with E-state index in [2.05, 4.69) is 56.2 Å². The number of hydrogen-bond acceptors (Lipinski definition) is 3. The van der Waals surface area contributed by atoms with Gasteiger partial charge < -0.3 is 10.1 Å². The van der Waals surface area contributed by atoms with Crippen molar-refractivity contribution in [1.82, 2.24) is 4.98 Å². The van der Waals surface area contributed by atoms with E-state index in [0.717, 1.165) is 22.7 Å². The number of rotatable bonds is 4. The average Bonchev–Trinajstić information content (AvgIpc) is 2.45. The topological polar surface area (TPSA) is 34.2 Å². The second kappa shape index (κ2) is 6.17. The van der Waals surface area contributed by atoms with Crippen LogP contribution in [0.25, 0.3) is 0 Å². The number of hydrogen-bond donors (Lipinski definition) is 1. The molecule has 0 fully saturated rings. The Morgan fingerprint density at radius 2 is 1.90 bits per heavy atom. The van der Waals surface area contributed by atoms with E-state index in [1.165, 1.54) is 5.56 Å². The summed E-state index contributed by atoms with van der Waals surface area (Å²) in [5.74, 6) is 0.916. The number of pyridine rings is 1. The van der Waals surface area contributed by atoms with Gasteiger partial charge in [0.2, 0.25) is 0 Å². The Labute approximate surface area is 127 Å².